The smallest absolute Gasteiger partial charge is 0.129 e. The number of benzene rings is 2. The number of rotatable bonds is 3. The van der Waals surface area contributed by atoms with Crippen LogP contribution in [0.2, 0.25) is 5.02 Å². The van der Waals surface area contributed by atoms with E-state index >= 15 is 0 Å². The molecule has 2 rings (SSSR count). The van der Waals surface area contributed by atoms with Gasteiger partial charge in [-0.15, -0.1) is 0 Å². The van der Waals surface area contributed by atoms with Gasteiger partial charge in [0.15, 0.2) is 0 Å². The van der Waals surface area contributed by atoms with Gasteiger partial charge in [0.25, 0.3) is 0 Å². The Balaban J connectivity index is 2.19. The van der Waals surface area contributed by atoms with Crippen molar-refractivity contribution in [2.75, 3.05) is 0 Å². The Bertz CT molecular complexity index is 554. The highest BCUT2D eigenvalue weighted by Gasteiger charge is 2.12. The fourth-order valence-electron chi connectivity index (χ4n) is 2.01. The first-order chi connectivity index (χ1) is 8.56. The largest absolute Gasteiger partial charge is 0.324 e. The van der Waals surface area contributed by atoms with Crippen LogP contribution in [0.1, 0.15) is 22.7 Å². The van der Waals surface area contributed by atoms with E-state index < -0.39 is 0 Å². The summed E-state index contributed by atoms with van der Waals surface area (Å²) >= 11 is 5.72. The summed E-state index contributed by atoms with van der Waals surface area (Å²) in [7, 11) is 0. The molecule has 0 radical (unpaired) electrons. The van der Waals surface area contributed by atoms with Crippen molar-refractivity contribution in [2.45, 2.75) is 19.4 Å². The molecule has 2 aromatic carbocycles. The lowest BCUT2D eigenvalue weighted by atomic mass is 9.98. The molecular formula is C15H15ClFN. The zero-order valence-corrected chi connectivity index (χ0v) is 10.9. The molecule has 0 bridgehead atoms. The molecule has 0 aromatic heterocycles. The van der Waals surface area contributed by atoms with E-state index in [9.17, 15) is 4.39 Å². The molecular weight excluding hydrogens is 249 g/mol. The van der Waals surface area contributed by atoms with Gasteiger partial charge >= 0.3 is 0 Å². The molecule has 94 valence electrons. The van der Waals surface area contributed by atoms with Crippen molar-refractivity contribution in [3.8, 4) is 0 Å². The van der Waals surface area contributed by atoms with Crippen molar-refractivity contribution in [3.05, 3.63) is 70.0 Å². The SMILES string of the molecule is Cc1cccc(CC(N)c2ccc(Cl)cc2F)c1. The fraction of sp³-hybridized carbons (Fsp3) is 0.200. The summed E-state index contributed by atoms with van der Waals surface area (Å²) in [6.07, 6.45) is 0.611. The third-order valence-corrected chi connectivity index (χ3v) is 3.14. The summed E-state index contributed by atoms with van der Waals surface area (Å²) < 4.78 is 13.7. The van der Waals surface area contributed by atoms with E-state index in [-0.39, 0.29) is 11.9 Å². The summed E-state index contributed by atoms with van der Waals surface area (Å²) in [6, 6.07) is 12.3. The molecule has 0 spiro atoms. The molecule has 0 saturated heterocycles. The van der Waals surface area contributed by atoms with Crippen LogP contribution in [0.3, 0.4) is 0 Å². The van der Waals surface area contributed by atoms with Gasteiger partial charge in [-0.2, -0.15) is 0 Å². The standard InChI is InChI=1S/C15H15ClFN/c1-10-3-2-4-11(7-10)8-15(18)13-6-5-12(16)9-14(13)17/h2-7,9,15H,8,18H2,1H3. The minimum Gasteiger partial charge on any atom is -0.324 e. The van der Waals surface area contributed by atoms with Gasteiger partial charge in [-0.05, 0) is 31.0 Å². The lowest BCUT2D eigenvalue weighted by Gasteiger charge is -2.13. The average molecular weight is 264 g/mol. The van der Waals surface area contributed by atoms with Crippen LogP contribution in [-0.4, -0.2) is 0 Å². The second-order valence-corrected chi connectivity index (χ2v) is 4.90. The first kappa shape index (κ1) is 13.1. The Labute approximate surface area is 111 Å². The Kier molecular flexibility index (Phi) is 4.00. The minimum absolute atomic E-state index is 0.345. The van der Waals surface area contributed by atoms with Crippen molar-refractivity contribution in [1.82, 2.24) is 0 Å². The normalized spacial score (nSPS) is 12.4. The quantitative estimate of drug-likeness (QED) is 0.889. The van der Waals surface area contributed by atoms with Gasteiger partial charge in [0.2, 0.25) is 0 Å². The molecule has 0 aliphatic carbocycles. The zero-order valence-electron chi connectivity index (χ0n) is 10.2. The maximum atomic E-state index is 13.7. The Morgan fingerprint density at radius 1 is 1.22 bits per heavy atom. The minimum atomic E-state index is -0.357. The molecule has 1 atom stereocenters. The third-order valence-electron chi connectivity index (χ3n) is 2.90. The topological polar surface area (TPSA) is 26.0 Å². The maximum absolute atomic E-state index is 13.7. The second kappa shape index (κ2) is 5.51. The highest BCUT2D eigenvalue weighted by Crippen LogP contribution is 2.22. The van der Waals surface area contributed by atoms with Gasteiger partial charge < -0.3 is 5.73 Å². The molecule has 0 saturated carbocycles. The number of halogens is 2. The van der Waals surface area contributed by atoms with Crippen molar-refractivity contribution in [2.24, 2.45) is 5.73 Å². The van der Waals surface area contributed by atoms with E-state index in [1.807, 2.05) is 25.1 Å². The Morgan fingerprint density at radius 3 is 2.67 bits per heavy atom. The van der Waals surface area contributed by atoms with Crippen LogP contribution in [0.15, 0.2) is 42.5 Å². The summed E-state index contributed by atoms with van der Waals surface area (Å²) in [5.41, 5.74) is 8.83. The third kappa shape index (κ3) is 3.09. The molecule has 3 heteroatoms. The van der Waals surface area contributed by atoms with Gasteiger partial charge in [0.1, 0.15) is 5.82 Å². The van der Waals surface area contributed by atoms with Crippen LogP contribution in [-0.2, 0) is 6.42 Å². The Hall–Kier alpha value is -1.38. The highest BCUT2D eigenvalue weighted by atomic mass is 35.5. The van der Waals surface area contributed by atoms with Crippen LogP contribution >= 0.6 is 11.6 Å². The molecule has 2 aromatic rings. The first-order valence-electron chi connectivity index (χ1n) is 5.82. The van der Waals surface area contributed by atoms with Gasteiger partial charge in [-0.1, -0.05) is 47.5 Å². The first-order valence-corrected chi connectivity index (χ1v) is 6.20. The van der Waals surface area contributed by atoms with Gasteiger partial charge in [-0.3, -0.25) is 0 Å². The Morgan fingerprint density at radius 2 is 2.00 bits per heavy atom. The predicted molar refractivity (Wildman–Crippen MR) is 73.2 cm³/mol. The van der Waals surface area contributed by atoms with Crippen molar-refractivity contribution < 1.29 is 4.39 Å². The van der Waals surface area contributed by atoms with Crippen LogP contribution in [0.25, 0.3) is 0 Å². The van der Waals surface area contributed by atoms with Crippen LogP contribution in [0.4, 0.5) is 4.39 Å². The van der Waals surface area contributed by atoms with Crippen LogP contribution in [0, 0.1) is 12.7 Å². The molecule has 0 amide bonds. The van der Waals surface area contributed by atoms with Crippen molar-refractivity contribution >= 4 is 11.6 Å². The van der Waals surface area contributed by atoms with E-state index in [1.165, 1.54) is 11.6 Å². The van der Waals surface area contributed by atoms with E-state index in [0.29, 0.717) is 17.0 Å². The lowest BCUT2D eigenvalue weighted by Crippen LogP contribution is -2.15. The number of hydrogen-bond acceptors (Lipinski definition) is 1. The monoisotopic (exact) mass is 263 g/mol. The molecule has 0 fully saturated rings. The summed E-state index contributed by atoms with van der Waals surface area (Å²) in [6.45, 7) is 2.03. The molecule has 18 heavy (non-hydrogen) atoms. The second-order valence-electron chi connectivity index (χ2n) is 4.47. The summed E-state index contributed by atoms with van der Waals surface area (Å²) in [4.78, 5) is 0. The zero-order chi connectivity index (χ0) is 13.1. The van der Waals surface area contributed by atoms with Crippen molar-refractivity contribution in [3.63, 3.8) is 0 Å². The van der Waals surface area contributed by atoms with Crippen LogP contribution < -0.4 is 5.73 Å². The van der Waals surface area contributed by atoms with E-state index in [1.54, 1.807) is 12.1 Å². The van der Waals surface area contributed by atoms with Gasteiger partial charge in [0.05, 0.1) is 0 Å². The van der Waals surface area contributed by atoms with E-state index in [0.717, 1.165) is 5.56 Å². The lowest BCUT2D eigenvalue weighted by molar-refractivity contribution is 0.580. The molecule has 0 aliphatic rings. The molecule has 0 aliphatic heterocycles. The average Bonchev–Trinajstić information content (AvgIpc) is 2.28. The van der Waals surface area contributed by atoms with E-state index in [4.69, 9.17) is 17.3 Å². The van der Waals surface area contributed by atoms with E-state index in [2.05, 4.69) is 6.07 Å². The van der Waals surface area contributed by atoms with Crippen LogP contribution in [0.5, 0.6) is 0 Å². The number of hydrogen-bond donors (Lipinski definition) is 1. The maximum Gasteiger partial charge on any atom is 0.129 e. The molecule has 0 heterocycles. The van der Waals surface area contributed by atoms with Crippen molar-refractivity contribution in [1.29, 1.82) is 0 Å². The summed E-state index contributed by atoms with van der Waals surface area (Å²) in [5.74, 6) is -0.345. The molecule has 1 unspecified atom stereocenters. The van der Waals surface area contributed by atoms with Gasteiger partial charge in [-0.25, -0.2) is 4.39 Å². The molecule has 1 nitrogen and oxygen atoms in total. The number of aryl methyl sites for hydroxylation is 1. The number of nitrogens with two attached hydrogens (primary N) is 1. The van der Waals surface area contributed by atoms with Gasteiger partial charge in [0, 0.05) is 16.6 Å². The predicted octanol–water partition coefficient (Wildman–Crippen LogP) is 4.03. The molecule has 2 N–H and O–H groups in total. The highest BCUT2D eigenvalue weighted by molar-refractivity contribution is 6.30. The summed E-state index contributed by atoms with van der Waals surface area (Å²) in [5, 5.41) is 0.388. The fourth-order valence-corrected chi connectivity index (χ4v) is 2.16.